The van der Waals surface area contributed by atoms with Crippen molar-refractivity contribution in [2.24, 2.45) is 0 Å². The summed E-state index contributed by atoms with van der Waals surface area (Å²) in [5, 5.41) is 4.55. The molecule has 54 heavy (non-hydrogen) atoms. The molecule has 0 bridgehead atoms. The standard InChI is InChI=1S/C48H35N5O/c1-48(2,3)35-21-17-31(18-22-35)46-50-45(30-11-5-4-6-12-30)51-47(52-46)34-25-26-49-44(29-34)53-40-15-9-7-13-36(40)37-23-19-32(27-41(37)53)33-20-24-39-38-14-8-10-16-42(38)54-43(39)28-33/h4-29H,1-3H3. The van der Waals surface area contributed by atoms with E-state index in [9.17, 15) is 0 Å². The molecule has 0 fully saturated rings. The summed E-state index contributed by atoms with van der Waals surface area (Å²) in [6.07, 6.45) is 1.84. The van der Waals surface area contributed by atoms with Crippen molar-refractivity contribution in [1.82, 2.24) is 24.5 Å². The smallest absolute Gasteiger partial charge is 0.164 e. The number of aromatic nitrogens is 5. The van der Waals surface area contributed by atoms with Crippen LogP contribution in [0.4, 0.5) is 0 Å². The minimum absolute atomic E-state index is 0.0428. The topological polar surface area (TPSA) is 69.6 Å². The van der Waals surface area contributed by atoms with Crippen LogP contribution in [0.2, 0.25) is 0 Å². The largest absolute Gasteiger partial charge is 0.456 e. The first-order valence-corrected chi connectivity index (χ1v) is 18.2. The Morgan fingerprint density at radius 3 is 1.78 bits per heavy atom. The maximum atomic E-state index is 6.26. The molecule has 0 radical (unpaired) electrons. The fourth-order valence-electron chi connectivity index (χ4n) is 7.45. The van der Waals surface area contributed by atoms with Crippen LogP contribution >= 0.6 is 0 Å². The molecule has 6 nitrogen and oxygen atoms in total. The van der Waals surface area contributed by atoms with E-state index < -0.39 is 0 Å². The molecule has 10 rings (SSSR count). The van der Waals surface area contributed by atoms with E-state index in [0.717, 1.165) is 77.4 Å². The van der Waals surface area contributed by atoms with Gasteiger partial charge in [-0.2, -0.15) is 0 Å². The van der Waals surface area contributed by atoms with Crippen LogP contribution in [-0.4, -0.2) is 24.5 Å². The van der Waals surface area contributed by atoms with Gasteiger partial charge < -0.3 is 4.42 Å². The maximum Gasteiger partial charge on any atom is 0.164 e. The Balaban J connectivity index is 1.12. The van der Waals surface area contributed by atoms with Crippen molar-refractivity contribution in [2.45, 2.75) is 26.2 Å². The molecular formula is C48H35N5O. The summed E-state index contributed by atoms with van der Waals surface area (Å²) < 4.78 is 8.50. The zero-order valence-corrected chi connectivity index (χ0v) is 30.2. The van der Waals surface area contributed by atoms with Gasteiger partial charge in [-0.3, -0.25) is 4.57 Å². The number of fused-ring (bicyclic) bond motifs is 6. The Kier molecular flexibility index (Phi) is 7.27. The van der Waals surface area contributed by atoms with E-state index in [1.165, 1.54) is 5.56 Å². The van der Waals surface area contributed by atoms with Gasteiger partial charge in [-0.05, 0) is 64.6 Å². The van der Waals surface area contributed by atoms with Crippen molar-refractivity contribution in [3.63, 3.8) is 0 Å². The fraction of sp³-hybridized carbons (Fsp3) is 0.0833. The van der Waals surface area contributed by atoms with Crippen molar-refractivity contribution >= 4 is 43.7 Å². The van der Waals surface area contributed by atoms with Crippen LogP contribution in [0.5, 0.6) is 0 Å². The molecule has 4 heterocycles. The SMILES string of the molecule is CC(C)(C)c1ccc(-c2nc(-c3ccccc3)nc(-c3ccnc(-n4c5ccccc5c5ccc(-c6ccc7c(c6)oc6ccccc67)cc54)c3)n2)cc1. The van der Waals surface area contributed by atoms with Crippen LogP contribution in [0, 0.1) is 0 Å². The highest BCUT2D eigenvalue weighted by Gasteiger charge is 2.19. The third-order valence-corrected chi connectivity index (χ3v) is 10.3. The van der Waals surface area contributed by atoms with Gasteiger partial charge in [0, 0.05) is 44.4 Å². The number of para-hydroxylation sites is 2. The molecule has 0 unspecified atom stereocenters. The second-order valence-electron chi connectivity index (χ2n) is 14.8. The van der Waals surface area contributed by atoms with E-state index in [1.54, 1.807) is 0 Å². The number of furan rings is 1. The first-order valence-electron chi connectivity index (χ1n) is 18.2. The summed E-state index contributed by atoms with van der Waals surface area (Å²) in [6, 6.07) is 52.5. The summed E-state index contributed by atoms with van der Waals surface area (Å²) in [6.45, 7) is 6.66. The lowest BCUT2D eigenvalue weighted by Gasteiger charge is -2.19. The third-order valence-electron chi connectivity index (χ3n) is 10.3. The van der Waals surface area contributed by atoms with Crippen LogP contribution in [0.25, 0.3) is 94.9 Å². The molecule has 0 N–H and O–H groups in total. The van der Waals surface area contributed by atoms with Crippen molar-refractivity contribution < 1.29 is 4.42 Å². The average Bonchev–Trinajstić information content (AvgIpc) is 3.76. The highest BCUT2D eigenvalue weighted by molar-refractivity contribution is 6.10. The predicted octanol–water partition coefficient (Wildman–Crippen LogP) is 12.2. The molecule has 0 aliphatic heterocycles. The van der Waals surface area contributed by atoms with Crippen molar-refractivity contribution in [3.05, 3.63) is 163 Å². The Labute approximate surface area is 312 Å². The van der Waals surface area contributed by atoms with Gasteiger partial charge in [-0.15, -0.1) is 0 Å². The average molecular weight is 698 g/mol. The zero-order chi connectivity index (χ0) is 36.4. The lowest BCUT2D eigenvalue weighted by atomic mass is 9.87. The van der Waals surface area contributed by atoms with E-state index in [2.05, 4.69) is 128 Å². The number of hydrogen-bond acceptors (Lipinski definition) is 5. The molecule has 4 aromatic heterocycles. The molecule has 258 valence electrons. The molecule has 0 atom stereocenters. The number of rotatable bonds is 5. The normalized spacial score (nSPS) is 12.0. The van der Waals surface area contributed by atoms with Crippen LogP contribution in [-0.2, 0) is 5.41 Å². The monoisotopic (exact) mass is 697 g/mol. The minimum atomic E-state index is 0.0428. The van der Waals surface area contributed by atoms with Gasteiger partial charge in [0.05, 0.1) is 11.0 Å². The van der Waals surface area contributed by atoms with E-state index >= 15 is 0 Å². The highest BCUT2D eigenvalue weighted by Crippen LogP contribution is 2.37. The molecule has 6 aromatic carbocycles. The number of hydrogen-bond donors (Lipinski definition) is 0. The molecule has 6 heteroatoms. The maximum absolute atomic E-state index is 6.26. The summed E-state index contributed by atoms with van der Waals surface area (Å²) in [5.74, 6) is 2.61. The second kappa shape index (κ2) is 12.3. The molecule has 0 amide bonds. The van der Waals surface area contributed by atoms with Gasteiger partial charge in [0.15, 0.2) is 17.5 Å². The molecule has 0 spiro atoms. The first-order chi connectivity index (χ1) is 26.4. The van der Waals surface area contributed by atoms with Gasteiger partial charge >= 0.3 is 0 Å². The number of nitrogens with zero attached hydrogens (tertiary/aromatic N) is 5. The summed E-state index contributed by atoms with van der Waals surface area (Å²) in [7, 11) is 0. The Morgan fingerprint density at radius 2 is 1.02 bits per heavy atom. The third kappa shape index (κ3) is 5.42. The van der Waals surface area contributed by atoms with Gasteiger partial charge in [0.2, 0.25) is 0 Å². The quantitative estimate of drug-likeness (QED) is 0.179. The fourth-order valence-corrected chi connectivity index (χ4v) is 7.45. The van der Waals surface area contributed by atoms with E-state index in [4.69, 9.17) is 24.4 Å². The summed E-state index contributed by atoms with van der Waals surface area (Å²) >= 11 is 0. The minimum Gasteiger partial charge on any atom is -0.456 e. The predicted molar refractivity (Wildman–Crippen MR) is 220 cm³/mol. The van der Waals surface area contributed by atoms with Crippen LogP contribution < -0.4 is 0 Å². The lowest BCUT2D eigenvalue weighted by molar-refractivity contribution is 0.590. The van der Waals surface area contributed by atoms with Gasteiger partial charge in [-0.1, -0.05) is 130 Å². The van der Waals surface area contributed by atoms with Gasteiger partial charge in [0.1, 0.15) is 17.0 Å². The number of pyridine rings is 1. The van der Waals surface area contributed by atoms with Crippen LogP contribution in [0.3, 0.4) is 0 Å². The van der Waals surface area contributed by atoms with Crippen molar-refractivity contribution in [1.29, 1.82) is 0 Å². The number of benzene rings is 6. The molecular weight excluding hydrogens is 663 g/mol. The van der Waals surface area contributed by atoms with Gasteiger partial charge in [-0.25, -0.2) is 19.9 Å². The van der Waals surface area contributed by atoms with Crippen LogP contribution in [0.15, 0.2) is 162 Å². The Bertz CT molecular complexity index is 3020. The Hall–Kier alpha value is -6.92. The molecule has 0 aliphatic carbocycles. The Morgan fingerprint density at radius 1 is 0.444 bits per heavy atom. The molecule has 0 saturated carbocycles. The van der Waals surface area contributed by atoms with E-state index in [0.29, 0.717) is 17.5 Å². The summed E-state index contributed by atoms with van der Waals surface area (Å²) in [4.78, 5) is 20.0. The molecule has 10 aromatic rings. The van der Waals surface area contributed by atoms with Gasteiger partial charge in [0.25, 0.3) is 0 Å². The first kappa shape index (κ1) is 31.8. The van der Waals surface area contributed by atoms with Crippen LogP contribution in [0.1, 0.15) is 26.3 Å². The van der Waals surface area contributed by atoms with E-state index in [1.807, 2.05) is 54.7 Å². The second-order valence-corrected chi connectivity index (χ2v) is 14.8. The zero-order valence-electron chi connectivity index (χ0n) is 30.2. The molecule has 0 saturated heterocycles. The van der Waals surface area contributed by atoms with Crippen molar-refractivity contribution in [2.75, 3.05) is 0 Å². The highest BCUT2D eigenvalue weighted by atomic mass is 16.3. The lowest BCUT2D eigenvalue weighted by Crippen LogP contribution is -2.10. The van der Waals surface area contributed by atoms with Crippen molar-refractivity contribution in [3.8, 4) is 51.1 Å². The summed E-state index contributed by atoms with van der Waals surface area (Å²) in [5.41, 5.74) is 10.1. The van der Waals surface area contributed by atoms with E-state index in [-0.39, 0.29) is 5.41 Å². The molecule has 0 aliphatic rings.